The molecule has 1 aromatic carbocycles. The average molecular weight is 236 g/mol. The van der Waals surface area contributed by atoms with Crippen LogP contribution in [0.5, 0.6) is 0 Å². The summed E-state index contributed by atoms with van der Waals surface area (Å²) in [6.45, 7) is 2.10. The van der Waals surface area contributed by atoms with Crippen molar-refractivity contribution >= 4 is 11.4 Å². The van der Waals surface area contributed by atoms with Gasteiger partial charge in [-0.15, -0.1) is 0 Å². The topological polar surface area (TPSA) is 17.1 Å². The van der Waals surface area contributed by atoms with Crippen molar-refractivity contribution in [1.82, 2.24) is 0 Å². The lowest BCUT2D eigenvalue weighted by atomic mass is 9.80. The Bertz CT molecular complexity index is 576. The van der Waals surface area contributed by atoms with E-state index in [9.17, 15) is 4.79 Å². The van der Waals surface area contributed by atoms with Gasteiger partial charge in [-0.25, -0.2) is 0 Å². The molecule has 0 unspecified atom stereocenters. The Balaban J connectivity index is 1.78. The molecule has 1 nitrogen and oxygen atoms in total. The third kappa shape index (κ3) is 1.25. The molecule has 1 heteroatoms. The minimum absolute atomic E-state index is 0.247. The first-order valence-electron chi connectivity index (χ1n) is 6.75. The van der Waals surface area contributed by atoms with Crippen LogP contribution in [0.15, 0.2) is 42.5 Å². The van der Waals surface area contributed by atoms with Gasteiger partial charge < -0.3 is 0 Å². The van der Waals surface area contributed by atoms with Crippen molar-refractivity contribution in [3.63, 3.8) is 0 Å². The van der Waals surface area contributed by atoms with E-state index in [0.29, 0.717) is 23.5 Å². The molecule has 0 amide bonds. The fourth-order valence-electron chi connectivity index (χ4n) is 4.00. The number of hydrogen-bond donors (Lipinski definition) is 0. The van der Waals surface area contributed by atoms with Crippen LogP contribution in [0.3, 0.4) is 0 Å². The maximum atomic E-state index is 12.2. The van der Waals surface area contributed by atoms with Gasteiger partial charge in [-0.1, -0.05) is 42.0 Å². The highest BCUT2D eigenvalue weighted by atomic mass is 16.1. The van der Waals surface area contributed by atoms with Gasteiger partial charge in [-0.05, 0) is 42.4 Å². The maximum Gasteiger partial charge on any atom is 0.160 e. The summed E-state index contributed by atoms with van der Waals surface area (Å²) < 4.78 is 0. The van der Waals surface area contributed by atoms with E-state index in [1.54, 1.807) is 0 Å². The minimum Gasteiger partial charge on any atom is -0.294 e. The molecule has 90 valence electrons. The Morgan fingerprint density at radius 3 is 2.39 bits per heavy atom. The number of rotatable bonds is 1. The number of fused-ring (bicyclic) bond motifs is 5. The number of carbonyl (C=O) groups is 1. The van der Waals surface area contributed by atoms with Crippen LogP contribution < -0.4 is 0 Å². The van der Waals surface area contributed by atoms with Gasteiger partial charge in [0.25, 0.3) is 0 Å². The molecule has 0 N–H and O–H groups in total. The van der Waals surface area contributed by atoms with E-state index in [2.05, 4.69) is 43.3 Å². The molecule has 1 aromatic rings. The van der Waals surface area contributed by atoms with Gasteiger partial charge in [0, 0.05) is 11.8 Å². The zero-order chi connectivity index (χ0) is 12.3. The molecule has 4 rings (SSSR count). The molecule has 0 radical (unpaired) electrons. The Morgan fingerprint density at radius 2 is 1.67 bits per heavy atom. The van der Waals surface area contributed by atoms with Crippen molar-refractivity contribution in [2.45, 2.75) is 13.3 Å². The van der Waals surface area contributed by atoms with Gasteiger partial charge in [-0.2, -0.15) is 0 Å². The SMILES string of the molecule is Cc1ccc(C2=CC(=O)[C@H]3[C@@H]2[C@@H]2C=C[C@H]3C2)cc1. The standard InChI is InChI=1S/C17H16O/c1-10-2-4-11(5-3-10)14-9-15(18)17-13-7-6-12(8-13)16(14)17/h2-7,9,12-13,16-17H,8H2,1H3/t12-,13+,16-,17+/m1/s1. The first kappa shape index (κ1) is 10.3. The molecule has 0 heterocycles. The summed E-state index contributed by atoms with van der Waals surface area (Å²) in [5.41, 5.74) is 3.79. The lowest BCUT2D eigenvalue weighted by Crippen LogP contribution is -2.21. The van der Waals surface area contributed by atoms with Crippen LogP contribution in [0.25, 0.3) is 5.57 Å². The number of aryl methyl sites for hydroxylation is 1. The lowest BCUT2D eigenvalue weighted by molar-refractivity contribution is -0.118. The van der Waals surface area contributed by atoms with Crippen LogP contribution in [-0.2, 0) is 4.79 Å². The molecular weight excluding hydrogens is 220 g/mol. The van der Waals surface area contributed by atoms with Crippen molar-refractivity contribution in [3.8, 4) is 0 Å². The second-order valence-corrected chi connectivity index (χ2v) is 5.87. The first-order valence-corrected chi connectivity index (χ1v) is 6.75. The molecule has 0 saturated heterocycles. The minimum atomic E-state index is 0.247. The first-order chi connectivity index (χ1) is 8.74. The van der Waals surface area contributed by atoms with Gasteiger partial charge in [0.15, 0.2) is 5.78 Å². The number of benzene rings is 1. The fourth-order valence-corrected chi connectivity index (χ4v) is 4.00. The normalized spacial score (nSPS) is 36.1. The highest BCUT2D eigenvalue weighted by Crippen LogP contribution is 2.56. The van der Waals surface area contributed by atoms with Crippen molar-refractivity contribution in [2.24, 2.45) is 23.7 Å². The van der Waals surface area contributed by atoms with Gasteiger partial charge in [0.2, 0.25) is 0 Å². The molecule has 0 aliphatic heterocycles. The molecule has 1 fully saturated rings. The third-order valence-corrected chi connectivity index (χ3v) is 4.83. The predicted octanol–water partition coefficient (Wildman–Crippen LogP) is 3.40. The molecule has 0 aromatic heterocycles. The highest BCUT2D eigenvalue weighted by Gasteiger charge is 2.52. The Morgan fingerprint density at radius 1 is 1.00 bits per heavy atom. The number of carbonyl (C=O) groups excluding carboxylic acids is 1. The molecule has 1 saturated carbocycles. The summed E-state index contributed by atoms with van der Waals surface area (Å²) >= 11 is 0. The van der Waals surface area contributed by atoms with Crippen molar-refractivity contribution in [3.05, 3.63) is 53.6 Å². The molecule has 2 bridgehead atoms. The molecule has 18 heavy (non-hydrogen) atoms. The van der Waals surface area contributed by atoms with Gasteiger partial charge in [-0.3, -0.25) is 4.79 Å². The van der Waals surface area contributed by atoms with Crippen molar-refractivity contribution in [2.75, 3.05) is 0 Å². The second kappa shape index (κ2) is 3.44. The van der Waals surface area contributed by atoms with E-state index in [0.717, 1.165) is 0 Å². The van der Waals surface area contributed by atoms with Crippen LogP contribution in [0, 0.1) is 30.6 Å². The van der Waals surface area contributed by atoms with Gasteiger partial charge >= 0.3 is 0 Å². The smallest absolute Gasteiger partial charge is 0.160 e. The average Bonchev–Trinajstić information content (AvgIpc) is 3.03. The summed E-state index contributed by atoms with van der Waals surface area (Å²) in [7, 11) is 0. The lowest BCUT2D eigenvalue weighted by Gasteiger charge is -2.22. The van der Waals surface area contributed by atoms with Crippen LogP contribution in [0.4, 0.5) is 0 Å². The largest absolute Gasteiger partial charge is 0.294 e. The summed E-state index contributed by atoms with van der Waals surface area (Å²) in [5.74, 6) is 2.16. The summed E-state index contributed by atoms with van der Waals surface area (Å²) in [4.78, 5) is 12.2. The monoisotopic (exact) mass is 236 g/mol. The Labute approximate surface area is 107 Å². The zero-order valence-corrected chi connectivity index (χ0v) is 10.5. The van der Waals surface area contributed by atoms with Crippen LogP contribution in [0.2, 0.25) is 0 Å². The van der Waals surface area contributed by atoms with Crippen LogP contribution in [-0.4, -0.2) is 5.78 Å². The molecule has 4 atom stereocenters. The van der Waals surface area contributed by atoms with Crippen LogP contribution >= 0.6 is 0 Å². The molecule has 0 spiro atoms. The van der Waals surface area contributed by atoms with E-state index in [1.807, 2.05) is 6.08 Å². The number of allylic oxidation sites excluding steroid dienone is 4. The quantitative estimate of drug-likeness (QED) is 0.683. The summed E-state index contributed by atoms with van der Waals surface area (Å²) in [5, 5.41) is 0. The Kier molecular flexibility index (Phi) is 1.97. The third-order valence-electron chi connectivity index (χ3n) is 4.83. The predicted molar refractivity (Wildman–Crippen MR) is 71.9 cm³/mol. The van der Waals surface area contributed by atoms with Gasteiger partial charge in [0.1, 0.15) is 0 Å². The van der Waals surface area contributed by atoms with Crippen LogP contribution in [0.1, 0.15) is 17.5 Å². The summed E-state index contributed by atoms with van der Waals surface area (Å²) in [6, 6.07) is 8.59. The molecule has 3 aliphatic rings. The zero-order valence-electron chi connectivity index (χ0n) is 10.5. The Hall–Kier alpha value is -1.63. The maximum absolute atomic E-state index is 12.2. The number of ketones is 1. The van der Waals surface area contributed by atoms with E-state index in [1.165, 1.54) is 23.1 Å². The van der Waals surface area contributed by atoms with E-state index >= 15 is 0 Å². The highest BCUT2D eigenvalue weighted by molar-refractivity contribution is 6.05. The summed E-state index contributed by atoms with van der Waals surface area (Å²) in [6.07, 6.45) is 7.68. The molecular formula is C17H16O. The molecule has 3 aliphatic carbocycles. The second-order valence-electron chi connectivity index (χ2n) is 5.87. The van der Waals surface area contributed by atoms with Crippen molar-refractivity contribution in [1.29, 1.82) is 0 Å². The van der Waals surface area contributed by atoms with Crippen molar-refractivity contribution < 1.29 is 4.79 Å². The van der Waals surface area contributed by atoms with E-state index in [-0.39, 0.29) is 5.92 Å². The van der Waals surface area contributed by atoms with E-state index < -0.39 is 0 Å². The van der Waals surface area contributed by atoms with E-state index in [4.69, 9.17) is 0 Å². The number of hydrogen-bond acceptors (Lipinski definition) is 1. The van der Waals surface area contributed by atoms with Gasteiger partial charge in [0.05, 0.1) is 0 Å². The fraction of sp³-hybridized carbons (Fsp3) is 0.353.